The molecule has 0 spiro atoms. The normalized spacial score (nSPS) is 10.6. The molecule has 6 heteroatoms. The molecule has 0 saturated heterocycles. The summed E-state index contributed by atoms with van der Waals surface area (Å²) in [6.07, 6.45) is 1.33. The molecule has 0 aliphatic heterocycles. The van der Waals surface area contributed by atoms with Gasteiger partial charge in [-0.05, 0) is 5.21 Å². The van der Waals surface area contributed by atoms with E-state index in [2.05, 4.69) is 15.4 Å². The van der Waals surface area contributed by atoms with Crippen LogP contribution in [-0.4, -0.2) is 25.0 Å². The van der Waals surface area contributed by atoms with E-state index >= 15 is 0 Å². The molecule has 1 aromatic rings. The molecule has 0 atom stereocenters. The molecular weight excluding hydrogens is 163 g/mol. The van der Waals surface area contributed by atoms with Gasteiger partial charge in [0.15, 0.2) is 6.33 Å². The van der Waals surface area contributed by atoms with Gasteiger partial charge < -0.3 is 0 Å². The molecule has 0 amide bonds. The van der Waals surface area contributed by atoms with Gasteiger partial charge in [0.25, 0.3) is 0 Å². The second-order valence-electron chi connectivity index (χ2n) is 1.38. The van der Waals surface area contributed by atoms with Gasteiger partial charge in [-0.15, -0.1) is 33.4 Å². The Balaban J connectivity index is 2.48. The van der Waals surface area contributed by atoms with Crippen LogP contribution >= 0.6 is 23.2 Å². The molecule has 4 nitrogen and oxygen atoms in total. The fourth-order valence-electron chi connectivity index (χ4n) is 0.396. The number of hydrogen-bond acceptors (Lipinski definition) is 3. The molecule has 0 radical (unpaired) electrons. The van der Waals surface area contributed by atoms with Crippen molar-refractivity contribution in [3.05, 3.63) is 6.33 Å². The van der Waals surface area contributed by atoms with Gasteiger partial charge in [0.05, 0.1) is 6.54 Å². The second kappa shape index (κ2) is 2.98. The van der Waals surface area contributed by atoms with Gasteiger partial charge in [0, 0.05) is 0 Å². The van der Waals surface area contributed by atoms with Crippen LogP contribution < -0.4 is 0 Å². The fraction of sp³-hybridized carbons (Fsp3) is 0.667. The lowest BCUT2D eigenvalue weighted by Crippen LogP contribution is -2.07. The smallest absolute Gasteiger partial charge is 0.162 e. The minimum atomic E-state index is -0.473. The van der Waals surface area contributed by atoms with E-state index in [1.807, 2.05) is 0 Å². The van der Waals surface area contributed by atoms with Crippen molar-refractivity contribution in [3.63, 3.8) is 0 Å². The maximum absolute atomic E-state index is 5.41. The van der Waals surface area contributed by atoms with Crippen LogP contribution in [0.2, 0.25) is 0 Å². The molecule has 1 rings (SSSR count). The SMILES string of the molecule is ClC(Cl)Cn1ncnn1. The standard InChI is InChI=1S/C3H4Cl2N4/c4-3(5)1-9-7-2-6-8-9/h2-3H,1H2. The number of halogens is 2. The van der Waals surface area contributed by atoms with Crippen molar-refractivity contribution in [1.29, 1.82) is 0 Å². The molecule has 1 aromatic heterocycles. The van der Waals surface area contributed by atoms with Gasteiger partial charge in [0.1, 0.15) is 4.84 Å². The first-order valence-electron chi connectivity index (χ1n) is 2.28. The molecular formula is C3H4Cl2N4. The summed E-state index contributed by atoms with van der Waals surface area (Å²) < 4.78 is 0. The van der Waals surface area contributed by atoms with E-state index in [1.165, 1.54) is 11.1 Å². The lowest BCUT2D eigenvalue weighted by atomic mass is 10.8. The van der Waals surface area contributed by atoms with E-state index in [1.54, 1.807) is 0 Å². The van der Waals surface area contributed by atoms with Crippen LogP contribution in [0, 0.1) is 0 Å². The van der Waals surface area contributed by atoms with E-state index in [-0.39, 0.29) is 0 Å². The van der Waals surface area contributed by atoms with Crippen molar-refractivity contribution in [2.45, 2.75) is 11.4 Å². The topological polar surface area (TPSA) is 43.6 Å². The van der Waals surface area contributed by atoms with Crippen LogP contribution in [-0.2, 0) is 6.54 Å². The highest BCUT2D eigenvalue weighted by molar-refractivity contribution is 6.44. The molecule has 50 valence electrons. The summed E-state index contributed by atoms with van der Waals surface area (Å²) in [5.74, 6) is 0. The lowest BCUT2D eigenvalue weighted by molar-refractivity contribution is 0.543. The van der Waals surface area contributed by atoms with Gasteiger partial charge >= 0.3 is 0 Å². The number of tetrazole rings is 1. The van der Waals surface area contributed by atoms with E-state index in [0.717, 1.165) is 0 Å². The molecule has 0 aliphatic rings. The van der Waals surface area contributed by atoms with E-state index < -0.39 is 4.84 Å². The largest absolute Gasteiger partial charge is 0.162 e. The van der Waals surface area contributed by atoms with Crippen molar-refractivity contribution in [2.24, 2.45) is 0 Å². The summed E-state index contributed by atoms with van der Waals surface area (Å²) in [6, 6.07) is 0. The third-order valence-corrected chi connectivity index (χ3v) is 0.969. The third-order valence-electron chi connectivity index (χ3n) is 0.693. The number of alkyl halides is 2. The quantitative estimate of drug-likeness (QED) is 0.601. The van der Waals surface area contributed by atoms with Gasteiger partial charge in [-0.25, -0.2) is 0 Å². The molecule has 9 heavy (non-hydrogen) atoms. The van der Waals surface area contributed by atoms with Crippen LogP contribution in [0.3, 0.4) is 0 Å². The van der Waals surface area contributed by atoms with E-state index in [0.29, 0.717) is 6.54 Å². The van der Waals surface area contributed by atoms with Crippen LogP contribution in [0.4, 0.5) is 0 Å². The Morgan fingerprint density at radius 1 is 1.56 bits per heavy atom. The van der Waals surface area contributed by atoms with Gasteiger partial charge in [-0.1, -0.05) is 0 Å². The zero-order valence-electron chi connectivity index (χ0n) is 4.41. The highest BCUT2D eigenvalue weighted by atomic mass is 35.5. The average Bonchev–Trinajstić information content (AvgIpc) is 2.15. The van der Waals surface area contributed by atoms with Crippen molar-refractivity contribution in [1.82, 2.24) is 20.2 Å². The van der Waals surface area contributed by atoms with Gasteiger partial charge in [-0.3, -0.25) is 0 Å². The Bertz CT molecular complexity index is 160. The van der Waals surface area contributed by atoms with E-state index in [4.69, 9.17) is 23.2 Å². The predicted octanol–water partition coefficient (Wildman–Crippen LogP) is 0.477. The Morgan fingerprint density at radius 2 is 2.33 bits per heavy atom. The zero-order valence-corrected chi connectivity index (χ0v) is 5.92. The Hall–Kier alpha value is -0.350. The maximum Gasteiger partial charge on any atom is 0.162 e. The summed E-state index contributed by atoms with van der Waals surface area (Å²) in [6.45, 7) is 0.378. The Kier molecular flexibility index (Phi) is 2.24. The maximum atomic E-state index is 5.41. The summed E-state index contributed by atoms with van der Waals surface area (Å²) in [7, 11) is 0. The monoisotopic (exact) mass is 166 g/mol. The van der Waals surface area contributed by atoms with Crippen molar-refractivity contribution < 1.29 is 0 Å². The van der Waals surface area contributed by atoms with Crippen LogP contribution in [0.5, 0.6) is 0 Å². The van der Waals surface area contributed by atoms with Gasteiger partial charge in [-0.2, -0.15) is 4.80 Å². The van der Waals surface area contributed by atoms with Crippen LogP contribution in [0.1, 0.15) is 0 Å². The molecule has 1 heterocycles. The Labute approximate surface area is 61.8 Å². The zero-order chi connectivity index (χ0) is 6.69. The molecule has 0 saturated carbocycles. The highest BCUT2D eigenvalue weighted by Crippen LogP contribution is 2.01. The molecule has 0 bridgehead atoms. The fourth-order valence-corrected chi connectivity index (χ4v) is 0.642. The lowest BCUT2D eigenvalue weighted by Gasteiger charge is -1.95. The first-order chi connectivity index (χ1) is 4.29. The third kappa shape index (κ3) is 2.15. The summed E-state index contributed by atoms with van der Waals surface area (Å²) >= 11 is 10.8. The van der Waals surface area contributed by atoms with E-state index in [9.17, 15) is 0 Å². The first kappa shape index (κ1) is 6.77. The second-order valence-corrected chi connectivity index (χ2v) is 2.66. The van der Waals surface area contributed by atoms with Gasteiger partial charge in [0.2, 0.25) is 0 Å². The molecule has 0 aliphatic carbocycles. The summed E-state index contributed by atoms with van der Waals surface area (Å²) in [5, 5.41) is 10.7. The summed E-state index contributed by atoms with van der Waals surface area (Å²) in [5.41, 5.74) is 0. The predicted molar refractivity (Wildman–Crippen MR) is 33.3 cm³/mol. The minimum Gasteiger partial charge on any atom is -0.162 e. The van der Waals surface area contributed by atoms with Crippen molar-refractivity contribution >= 4 is 23.2 Å². The first-order valence-corrected chi connectivity index (χ1v) is 3.15. The number of hydrogen-bond donors (Lipinski definition) is 0. The molecule has 0 N–H and O–H groups in total. The van der Waals surface area contributed by atoms with Crippen molar-refractivity contribution in [2.75, 3.05) is 0 Å². The minimum absolute atomic E-state index is 0.378. The molecule has 0 aromatic carbocycles. The van der Waals surface area contributed by atoms with Crippen LogP contribution in [0.25, 0.3) is 0 Å². The molecule has 0 unspecified atom stereocenters. The Morgan fingerprint density at radius 3 is 2.78 bits per heavy atom. The number of rotatable bonds is 2. The van der Waals surface area contributed by atoms with Crippen molar-refractivity contribution in [3.8, 4) is 0 Å². The van der Waals surface area contributed by atoms with Crippen LogP contribution in [0.15, 0.2) is 6.33 Å². The number of aromatic nitrogens is 4. The highest BCUT2D eigenvalue weighted by Gasteiger charge is 1.99. The average molecular weight is 167 g/mol. The summed E-state index contributed by atoms with van der Waals surface area (Å²) in [4.78, 5) is 0.851. The molecule has 0 fully saturated rings. The number of nitrogens with zero attached hydrogens (tertiary/aromatic N) is 4.